The fourth-order valence-electron chi connectivity index (χ4n) is 11.7. The van der Waals surface area contributed by atoms with Gasteiger partial charge >= 0.3 is 5.97 Å². The van der Waals surface area contributed by atoms with Crippen molar-refractivity contribution >= 4 is 5.97 Å². The van der Waals surface area contributed by atoms with Gasteiger partial charge in [0.15, 0.2) is 12.6 Å². The van der Waals surface area contributed by atoms with Crippen molar-refractivity contribution in [2.45, 2.75) is 159 Å². The minimum Gasteiger partial charge on any atom is -0.458 e. The number of hydrogen-bond acceptors (Lipinski definition) is 10. The van der Waals surface area contributed by atoms with Crippen molar-refractivity contribution in [1.29, 1.82) is 0 Å². The van der Waals surface area contributed by atoms with Crippen molar-refractivity contribution in [3.05, 3.63) is 11.6 Å². The molecule has 6 fully saturated rings. The summed E-state index contributed by atoms with van der Waals surface area (Å²) in [5.74, 6) is 1.34. The van der Waals surface area contributed by atoms with Crippen LogP contribution in [0.3, 0.4) is 0 Å². The van der Waals surface area contributed by atoms with E-state index in [0.29, 0.717) is 37.2 Å². The molecule has 0 aromatic heterocycles. The van der Waals surface area contributed by atoms with E-state index in [1.807, 2.05) is 13.8 Å². The minimum atomic E-state index is -0.695. The number of aliphatic hydroxyl groups excluding tert-OH is 1. The van der Waals surface area contributed by atoms with Gasteiger partial charge in [-0.25, -0.2) is 4.79 Å². The maximum Gasteiger partial charge on any atom is 0.331 e. The van der Waals surface area contributed by atoms with Crippen LogP contribution in [0.15, 0.2) is 11.6 Å². The molecule has 3 heterocycles. The summed E-state index contributed by atoms with van der Waals surface area (Å²) >= 11 is 0. The van der Waals surface area contributed by atoms with Crippen molar-refractivity contribution < 1.29 is 48.2 Å². The fourth-order valence-corrected chi connectivity index (χ4v) is 11.7. The van der Waals surface area contributed by atoms with Gasteiger partial charge in [-0.3, -0.25) is 0 Å². The molecule has 47 heavy (non-hydrogen) atoms. The maximum absolute atomic E-state index is 12.5. The summed E-state index contributed by atoms with van der Waals surface area (Å²) in [6, 6.07) is 0. The Balaban J connectivity index is 0.965. The molecule has 2 N–H and O–H groups in total. The Bertz CT molecular complexity index is 1190. The number of methoxy groups -OCH3 is 2. The number of aliphatic hydroxyl groups is 2. The van der Waals surface area contributed by atoms with Crippen LogP contribution in [0.5, 0.6) is 0 Å². The molecule has 0 spiro atoms. The molecule has 7 rings (SSSR count). The van der Waals surface area contributed by atoms with Crippen LogP contribution in [-0.4, -0.2) is 97.9 Å². The molecule has 0 unspecified atom stereocenters. The fraction of sp³-hybridized carbons (Fsp3) is 0.919. The van der Waals surface area contributed by atoms with E-state index < -0.39 is 24.1 Å². The number of cyclic esters (lactones) is 1. The Hall–Kier alpha value is -1.11. The zero-order valence-corrected chi connectivity index (χ0v) is 29.2. The van der Waals surface area contributed by atoms with Crippen LogP contribution >= 0.6 is 0 Å². The monoisotopic (exact) mass is 662 g/mol. The number of hydrogen-bond donors (Lipinski definition) is 2. The zero-order valence-electron chi connectivity index (χ0n) is 29.2. The summed E-state index contributed by atoms with van der Waals surface area (Å²) in [4.78, 5) is 11.9. The second kappa shape index (κ2) is 12.9. The van der Waals surface area contributed by atoms with Crippen LogP contribution < -0.4 is 0 Å². The van der Waals surface area contributed by atoms with Gasteiger partial charge in [-0.15, -0.1) is 0 Å². The van der Waals surface area contributed by atoms with Gasteiger partial charge in [0.1, 0.15) is 18.8 Å². The van der Waals surface area contributed by atoms with E-state index in [2.05, 4.69) is 13.8 Å². The Morgan fingerprint density at radius 2 is 1.55 bits per heavy atom. The molecule has 10 nitrogen and oxygen atoms in total. The second-order valence-corrected chi connectivity index (χ2v) is 16.5. The highest BCUT2D eigenvalue weighted by atomic mass is 16.7. The molecule has 0 aromatic carbocycles. The molecule has 0 amide bonds. The highest BCUT2D eigenvalue weighted by molar-refractivity contribution is 5.85. The summed E-state index contributed by atoms with van der Waals surface area (Å²) in [6.07, 6.45) is 8.88. The lowest BCUT2D eigenvalue weighted by atomic mass is 9.43. The largest absolute Gasteiger partial charge is 0.458 e. The second-order valence-electron chi connectivity index (χ2n) is 16.5. The van der Waals surface area contributed by atoms with Crippen molar-refractivity contribution in [3.63, 3.8) is 0 Å². The van der Waals surface area contributed by atoms with Gasteiger partial charge in [0.2, 0.25) is 0 Å². The van der Waals surface area contributed by atoms with Gasteiger partial charge in [-0.05, 0) is 106 Å². The number of carbonyl (C=O) groups excluding carboxylic acids is 1. The molecule has 0 radical (unpaired) electrons. The van der Waals surface area contributed by atoms with Crippen LogP contribution in [0.1, 0.15) is 98.3 Å². The van der Waals surface area contributed by atoms with E-state index in [0.717, 1.165) is 63.4 Å². The highest BCUT2D eigenvalue weighted by Crippen LogP contribution is 2.70. The quantitative estimate of drug-likeness (QED) is 0.294. The first-order valence-electron chi connectivity index (χ1n) is 18.3. The summed E-state index contributed by atoms with van der Waals surface area (Å²) in [6.45, 7) is 9.02. The molecule has 16 atom stereocenters. The van der Waals surface area contributed by atoms with Crippen LogP contribution in [0.25, 0.3) is 0 Å². The molecule has 7 aliphatic rings. The zero-order chi connectivity index (χ0) is 33.3. The molecule has 0 aromatic rings. The molecular weight excluding hydrogens is 604 g/mol. The third-order valence-electron chi connectivity index (χ3n) is 14.5. The summed E-state index contributed by atoms with van der Waals surface area (Å²) in [5.41, 5.74) is 0.372. The molecular formula is C37H58O10. The third kappa shape index (κ3) is 5.75. The average molecular weight is 663 g/mol. The molecule has 2 saturated heterocycles. The minimum absolute atomic E-state index is 0.128. The normalized spacial score (nSPS) is 53.1. The van der Waals surface area contributed by atoms with Gasteiger partial charge in [-0.2, -0.15) is 0 Å². The number of carbonyl (C=O) groups is 1. The molecule has 3 aliphatic heterocycles. The number of fused-ring (bicyclic) bond motifs is 5. The van der Waals surface area contributed by atoms with Crippen molar-refractivity contribution in [2.24, 2.45) is 34.5 Å². The molecule has 4 saturated carbocycles. The van der Waals surface area contributed by atoms with Gasteiger partial charge in [0, 0.05) is 38.6 Å². The Morgan fingerprint density at radius 1 is 0.830 bits per heavy atom. The molecule has 266 valence electrons. The van der Waals surface area contributed by atoms with Crippen LogP contribution in [0, 0.1) is 34.5 Å². The number of ether oxygens (including phenoxy) is 7. The highest BCUT2D eigenvalue weighted by Gasteiger charge is 2.67. The van der Waals surface area contributed by atoms with E-state index >= 15 is 0 Å². The molecule has 10 heteroatoms. The lowest BCUT2D eigenvalue weighted by molar-refractivity contribution is -0.321. The molecule has 4 aliphatic carbocycles. The van der Waals surface area contributed by atoms with E-state index in [-0.39, 0.29) is 59.5 Å². The van der Waals surface area contributed by atoms with Gasteiger partial charge in [0.05, 0.1) is 36.1 Å². The first kappa shape index (κ1) is 34.3. The lowest BCUT2D eigenvalue weighted by Crippen LogP contribution is -2.62. The van der Waals surface area contributed by atoms with E-state index in [1.165, 1.54) is 0 Å². The predicted molar refractivity (Wildman–Crippen MR) is 171 cm³/mol. The summed E-state index contributed by atoms with van der Waals surface area (Å²) in [5, 5.41) is 22.9. The SMILES string of the molecule is CO[C@@H]1C[C@H](O[C@@H]2[C@@H](C)O[C@H](O[C@H]3CC[C@@]4(C)[C@@H](CC[C@@H]5[C@@H]4CC[C@]4(C)[C@@H](C6=CC(=O)OC6)CC[C@]54O)C3)C[C@H]2OC)O[C@H](C)[C@H]1O. The van der Waals surface area contributed by atoms with Crippen LogP contribution in [0.4, 0.5) is 0 Å². The number of rotatable bonds is 7. The lowest BCUT2D eigenvalue weighted by Gasteiger charge is -2.64. The Morgan fingerprint density at radius 3 is 2.28 bits per heavy atom. The van der Waals surface area contributed by atoms with Gasteiger partial charge in [0.25, 0.3) is 0 Å². The third-order valence-corrected chi connectivity index (χ3v) is 14.5. The van der Waals surface area contributed by atoms with E-state index in [4.69, 9.17) is 33.2 Å². The van der Waals surface area contributed by atoms with Gasteiger partial charge in [-0.1, -0.05) is 13.8 Å². The number of esters is 1. The Labute approximate surface area is 280 Å². The van der Waals surface area contributed by atoms with Crippen molar-refractivity contribution in [1.82, 2.24) is 0 Å². The molecule has 0 bridgehead atoms. The first-order chi connectivity index (χ1) is 22.4. The van der Waals surface area contributed by atoms with Crippen LogP contribution in [0.2, 0.25) is 0 Å². The van der Waals surface area contributed by atoms with E-state index in [1.54, 1.807) is 20.3 Å². The Kier molecular flexibility index (Phi) is 9.42. The van der Waals surface area contributed by atoms with Crippen molar-refractivity contribution in [3.8, 4) is 0 Å². The topological polar surface area (TPSA) is 122 Å². The van der Waals surface area contributed by atoms with Crippen molar-refractivity contribution in [2.75, 3.05) is 20.8 Å². The van der Waals surface area contributed by atoms with Crippen LogP contribution in [-0.2, 0) is 38.0 Å². The summed E-state index contributed by atoms with van der Waals surface area (Å²) < 4.78 is 42.2. The summed E-state index contributed by atoms with van der Waals surface area (Å²) in [7, 11) is 3.31. The first-order valence-corrected chi connectivity index (χ1v) is 18.3. The predicted octanol–water partition coefficient (Wildman–Crippen LogP) is 4.67. The maximum atomic E-state index is 12.5. The average Bonchev–Trinajstić information content (AvgIpc) is 3.59. The van der Waals surface area contributed by atoms with Gasteiger partial charge < -0.3 is 43.4 Å². The standard InChI is InChI=1S/C37H58O10/c1-20-33(39)28(41-5)17-32(44-20)47-34-21(2)45-31(18-29(34)42-6)46-24-9-12-35(3)23(16-24)7-8-27-26(35)10-13-36(4)25(11-14-37(27,36)40)22-15-30(38)43-19-22/h15,20-21,23-29,31-34,39-40H,7-14,16-19H2,1-6H3/t20-,21-,23+,24+,25-,26+,27-,28-,29-,31-,32+,33-,34-,35+,36-,37+/m1/s1. The van der Waals surface area contributed by atoms with E-state index in [9.17, 15) is 15.0 Å². The smallest absolute Gasteiger partial charge is 0.331 e.